The van der Waals surface area contributed by atoms with Gasteiger partial charge < -0.3 is 20.7 Å². The van der Waals surface area contributed by atoms with E-state index < -0.39 is 0 Å². The van der Waals surface area contributed by atoms with Crippen LogP contribution >= 0.6 is 47.2 Å². The maximum atomic E-state index is 12.0. The molecule has 142 valence electrons. The van der Waals surface area contributed by atoms with Gasteiger partial charge in [0.1, 0.15) is 0 Å². The van der Waals surface area contributed by atoms with Gasteiger partial charge in [-0.2, -0.15) is 0 Å². The topological polar surface area (TPSA) is 74.8 Å². The predicted octanol–water partition coefficient (Wildman–Crippen LogP) is 2.93. The largest absolute Gasteiger partial charge is 0.385 e. The lowest BCUT2D eigenvalue weighted by molar-refractivity contribution is 0.0954. The number of carbonyl (C=O) groups excluding carboxylic acids is 1. The fourth-order valence-electron chi connectivity index (χ4n) is 1.84. The van der Waals surface area contributed by atoms with Crippen molar-refractivity contribution in [1.82, 2.24) is 16.0 Å². The Bertz CT molecular complexity index is 559. The van der Waals surface area contributed by atoms with Crippen LogP contribution < -0.4 is 16.0 Å². The van der Waals surface area contributed by atoms with Gasteiger partial charge in [-0.1, -0.05) is 23.2 Å². The highest BCUT2D eigenvalue weighted by Gasteiger charge is 2.07. The number of guanidine groups is 1. The second kappa shape index (κ2) is 14.4. The molecule has 0 unspecified atom stereocenters. The molecule has 0 spiro atoms. The Hall–Kier alpha value is -0.770. The molecule has 0 fully saturated rings. The van der Waals surface area contributed by atoms with Crippen molar-refractivity contribution in [3.05, 3.63) is 33.8 Å². The van der Waals surface area contributed by atoms with Crippen molar-refractivity contribution in [2.24, 2.45) is 4.99 Å². The van der Waals surface area contributed by atoms with Crippen molar-refractivity contribution >= 4 is 59.0 Å². The second-order valence-corrected chi connectivity index (χ2v) is 5.73. The molecule has 0 aliphatic carbocycles. The quantitative estimate of drug-likeness (QED) is 0.210. The number of benzene rings is 1. The Morgan fingerprint density at radius 1 is 1.16 bits per heavy atom. The van der Waals surface area contributed by atoms with E-state index >= 15 is 0 Å². The van der Waals surface area contributed by atoms with E-state index in [9.17, 15) is 4.79 Å². The summed E-state index contributed by atoms with van der Waals surface area (Å²) in [6.45, 7) is 5.15. The van der Waals surface area contributed by atoms with Gasteiger partial charge in [0, 0.05) is 45.5 Å². The standard InChI is InChI=1S/C16H24Cl2N4O2.HI/c1-3-19-16(21-7-4-10-24-2)22-9-8-20-15(23)12-5-6-13(17)14(18)11-12;/h5-6,11H,3-4,7-10H2,1-2H3,(H,20,23)(H2,19,21,22);1H. The normalized spacial score (nSPS) is 10.8. The first-order valence-electron chi connectivity index (χ1n) is 7.82. The number of methoxy groups -OCH3 is 1. The van der Waals surface area contributed by atoms with E-state index in [1.165, 1.54) is 0 Å². The van der Waals surface area contributed by atoms with Crippen molar-refractivity contribution in [2.45, 2.75) is 13.3 Å². The van der Waals surface area contributed by atoms with Gasteiger partial charge >= 0.3 is 0 Å². The Kier molecular flexibility index (Phi) is 14.0. The number of hydrogen-bond donors (Lipinski definition) is 3. The van der Waals surface area contributed by atoms with E-state index in [2.05, 4.69) is 20.9 Å². The molecule has 25 heavy (non-hydrogen) atoms. The van der Waals surface area contributed by atoms with Crippen LogP contribution in [-0.2, 0) is 4.74 Å². The molecule has 0 heterocycles. The van der Waals surface area contributed by atoms with Crippen molar-refractivity contribution < 1.29 is 9.53 Å². The molecule has 0 atom stereocenters. The number of carbonyl (C=O) groups is 1. The van der Waals surface area contributed by atoms with Crippen LogP contribution in [0.25, 0.3) is 0 Å². The maximum absolute atomic E-state index is 12.0. The minimum Gasteiger partial charge on any atom is -0.385 e. The number of aliphatic imine (C=N–C) groups is 1. The lowest BCUT2D eigenvalue weighted by atomic mass is 10.2. The molecule has 6 nitrogen and oxygen atoms in total. The fourth-order valence-corrected chi connectivity index (χ4v) is 2.14. The second-order valence-electron chi connectivity index (χ2n) is 4.92. The number of nitrogens with zero attached hydrogens (tertiary/aromatic N) is 1. The maximum Gasteiger partial charge on any atom is 0.251 e. The molecule has 0 bridgehead atoms. The summed E-state index contributed by atoms with van der Waals surface area (Å²) in [4.78, 5) is 16.4. The number of halogens is 3. The summed E-state index contributed by atoms with van der Waals surface area (Å²) in [6.07, 6.45) is 0.862. The van der Waals surface area contributed by atoms with Crippen LogP contribution in [-0.4, -0.2) is 51.8 Å². The SMILES string of the molecule is CCNC(=NCCCOC)NCCNC(=O)c1ccc(Cl)c(Cl)c1.I. The average Bonchev–Trinajstić information content (AvgIpc) is 2.57. The zero-order valence-corrected chi connectivity index (χ0v) is 18.2. The number of nitrogens with one attached hydrogen (secondary N) is 3. The van der Waals surface area contributed by atoms with E-state index in [0.717, 1.165) is 18.9 Å². The molecular formula is C16H25Cl2IN4O2. The van der Waals surface area contributed by atoms with Crippen molar-refractivity contribution in [1.29, 1.82) is 0 Å². The number of rotatable bonds is 9. The van der Waals surface area contributed by atoms with E-state index in [1.807, 2.05) is 6.92 Å². The van der Waals surface area contributed by atoms with Gasteiger partial charge in [-0.25, -0.2) is 0 Å². The molecule has 0 aliphatic heterocycles. The van der Waals surface area contributed by atoms with Crippen LogP contribution in [0.15, 0.2) is 23.2 Å². The highest BCUT2D eigenvalue weighted by molar-refractivity contribution is 14.0. The molecular weight excluding hydrogens is 478 g/mol. The zero-order valence-electron chi connectivity index (χ0n) is 14.4. The van der Waals surface area contributed by atoms with E-state index in [-0.39, 0.29) is 29.9 Å². The smallest absolute Gasteiger partial charge is 0.251 e. The molecule has 0 saturated carbocycles. The van der Waals surface area contributed by atoms with Crippen molar-refractivity contribution in [3.63, 3.8) is 0 Å². The molecule has 1 aromatic rings. The molecule has 9 heteroatoms. The summed E-state index contributed by atoms with van der Waals surface area (Å²) in [7, 11) is 1.67. The highest BCUT2D eigenvalue weighted by Crippen LogP contribution is 2.22. The summed E-state index contributed by atoms with van der Waals surface area (Å²) in [5, 5.41) is 9.91. The first-order chi connectivity index (χ1) is 11.6. The minimum atomic E-state index is -0.197. The van der Waals surface area contributed by atoms with Gasteiger partial charge in [-0.05, 0) is 31.5 Å². The molecule has 0 radical (unpaired) electrons. The van der Waals surface area contributed by atoms with Crippen LogP contribution in [0.1, 0.15) is 23.7 Å². The van der Waals surface area contributed by atoms with Crippen LogP contribution in [0.2, 0.25) is 10.0 Å². The highest BCUT2D eigenvalue weighted by atomic mass is 127. The summed E-state index contributed by atoms with van der Waals surface area (Å²) < 4.78 is 4.99. The first-order valence-corrected chi connectivity index (χ1v) is 8.58. The third-order valence-electron chi connectivity index (χ3n) is 3.01. The van der Waals surface area contributed by atoms with Crippen molar-refractivity contribution in [3.8, 4) is 0 Å². The number of amides is 1. The summed E-state index contributed by atoms with van der Waals surface area (Å²) >= 11 is 11.7. The van der Waals surface area contributed by atoms with Gasteiger partial charge in [0.05, 0.1) is 10.0 Å². The Morgan fingerprint density at radius 2 is 1.88 bits per heavy atom. The van der Waals surface area contributed by atoms with Gasteiger partial charge in [-0.15, -0.1) is 24.0 Å². The molecule has 0 saturated heterocycles. The monoisotopic (exact) mass is 502 g/mol. The van der Waals surface area contributed by atoms with Gasteiger partial charge in [-0.3, -0.25) is 9.79 Å². The van der Waals surface area contributed by atoms with Gasteiger partial charge in [0.25, 0.3) is 5.91 Å². The summed E-state index contributed by atoms with van der Waals surface area (Å²) in [5.74, 6) is 0.523. The van der Waals surface area contributed by atoms with Crippen LogP contribution in [0.4, 0.5) is 0 Å². The molecule has 1 rings (SSSR count). The summed E-state index contributed by atoms with van der Waals surface area (Å²) in [5.41, 5.74) is 0.476. The van der Waals surface area contributed by atoms with Crippen molar-refractivity contribution in [2.75, 3.05) is 39.9 Å². The Morgan fingerprint density at radius 3 is 2.52 bits per heavy atom. The fraction of sp³-hybridized carbons (Fsp3) is 0.500. The first kappa shape index (κ1) is 24.2. The molecule has 0 aliphatic rings. The number of ether oxygens (including phenoxy) is 1. The number of hydrogen-bond acceptors (Lipinski definition) is 3. The molecule has 1 amide bonds. The predicted molar refractivity (Wildman–Crippen MR) is 115 cm³/mol. The zero-order chi connectivity index (χ0) is 17.8. The lowest BCUT2D eigenvalue weighted by Crippen LogP contribution is -2.41. The van der Waals surface area contributed by atoms with Crippen LogP contribution in [0.3, 0.4) is 0 Å². The van der Waals surface area contributed by atoms with Gasteiger partial charge in [0.15, 0.2) is 5.96 Å². The minimum absolute atomic E-state index is 0. The van der Waals surface area contributed by atoms with Crippen LogP contribution in [0, 0.1) is 0 Å². The molecule has 0 aromatic heterocycles. The van der Waals surface area contributed by atoms with E-state index in [0.29, 0.717) is 41.8 Å². The van der Waals surface area contributed by atoms with Crippen LogP contribution in [0.5, 0.6) is 0 Å². The molecule has 3 N–H and O–H groups in total. The average molecular weight is 503 g/mol. The lowest BCUT2D eigenvalue weighted by Gasteiger charge is -2.12. The third kappa shape index (κ3) is 10.1. The Labute approximate surface area is 176 Å². The summed E-state index contributed by atoms with van der Waals surface area (Å²) in [6, 6.07) is 4.79. The Balaban J connectivity index is 0.00000576. The third-order valence-corrected chi connectivity index (χ3v) is 3.74. The molecule has 1 aromatic carbocycles. The van der Waals surface area contributed by atoms with E-state index in [4.69, 9.17) is 27.9 Å². The van der Waals surface area contributed by atoms with Gasteiger partial charge in [0.2, 0.25) is 0 Å². The van der Waals surface area contributed by atoms with E-state index in [1.54, 1.807) is 25.3 Å².